The molecule has 1 aromatic heterocycles. The zero-order valence-electron chi connectivity index (χ0n) is 9.88. The molecule has 2 rings (SSSR count). The Hall–Kier alpha value is -1.49. The van der Waals surface area contributed by atoms with Crippen LogP contribution >= 0.6 is 11.6 Å². The van der Waals surface area contributed by atoms with Gasteiger partial charge in [0.05, 0.1) is 12.0 Å². The molecule has 0 unspecified atom stereocenters. The molecule has 0 bridgehead atoms. The Kier molecular flexibility index (Phi) is 3.61. The third-order valence-corrected chi connectivity index (χ3v) is 2.38. The number of hydrogen-bond donors (Lipinski definition) is 0. The largest absolute Gasteiger partial charge is 0.477 e. The number of halogens is 3. The number of hydrogen-bond acceptors (Lipinski definition) is 3. The quantitative estimate of drug-likeness (QED) is 0.801. The normalized spacial score (nSPS) is 11.2. The molecule has 0 radical (unpaired) electrons. The van der Waals surface area contributed by atoms with Crippen LogP contribution in [0.15, 0.2) is 12.1 Å². The molecule has 6 heteroatoms. The molecule has 3 nitrogen and oxygen atoms in total. The van der Waals surface area contributed by atoms with Gasteiger partial charge in [-0.2, -0.15) is 4.98 Å². The average Bonchev–Trinajstić information content (AvgIpc) is 2.27. The third-order valence-electron chi connectivity index (χ3n) is 2.21. The first kappa shape index (κ1) is 13.0. The van der Waals surface area contributed by atoms with Gasteiger partial charge in [0.1, 0.15) is 11.3 Å². The molecular weight excluding hydrogens is 262 g/mol. The molecule has 1 heterocycles. The van der Waals surface area contributed by atoms with Gasteiger partial charge in [0, 0.05) is 6.07 Å². The highest BCUT2D eigenvalue weighted by molar-refractivity contribution is 6.28. The van der Waals surface area contributed by atoms with E-state index >= 15 is 0 Å². The van der Waals surface area contributed by atoms with Gasteiger partial charge in [-0.3, -0.25) is 0 Å². The van der Waals surface area contributed by atoms with Crippen molar-refractivity contribution in [1.82, 2.24) is 9.97 Å². The van der Waals surface area contributed by atoms with Crippen LogP contribution in [0.2, 0.25) is 5.28 Å². The van der Waals surface area contributed by atoms with E-state index in [0.29, 0.717) is 6.61 Å². The van der Waals surface area contributed by atoms with Gasteiger partial charge in [0.15, 0.2) is 5.82 Å². The second-order valence-electron chi connectivity index (χ2n) is 4.29. The topological polar surface area (TPSA) is 35.0 Å². The number of fused-ring (bicyclic) bond motifs is 1. The Balaban J connectivity index is 2.57. The highest BCUT2D eigenvalue weighted by Crippen LogP contribution is 2.27. The molecule has 96 valence electrons. The summed E-state index contributed by atoms with van der Waals surface area (Å²) in [5.41, 5.74) is -0.0462. The molecule has 2 aromatic rings. The molecule has 0 N–H and O–H groups in total. The van der Waals surface area contributed by atoms with E-state index in [9.17, 15) is 8.78 Å². The van der Waals surface area contributed by atoms with E-state index in [-0.39, 0.29) is 28.0 Å². The smallest absolute Gasteiger partial charge is 0.226 e. The summed E-state index contributed by atoms with van der Waals surface area (Å²) in [7, 11) is 0. The van der Waals surface area contributed by atoms with Crippen molar-refractivity contribution < 1.29 is 13.5 Å². The standard InChI is InChI=1S/C12H11ClF2N2O/c1-6(2)5-18-11-8-3-7(14)4-9(15)10(8)16-12(13)17-11/h3-4,6H,5H2,1-2H3. The molecule has 0 saturated heterocycles. The van der Waals surface area contributed by atoms with E-state index in [0.717, 1.165) is 12.1 Å². The Bertz CT molecular complexity index is 590. The minimum absolute atomic E-state index is 0.0462. The summed E-state index contributed by atoms with van der Waals surface area (Å²) in [6.45, 7) is 4.28. The SMILES string of the molecule is CC(C)COc1nc(Cl)nc2c(F)cc(F)cc12. The lowest BCUT2D eigenvalue weighted by Gasteiger charge is -2.10. The van der Waals surface area contributed by atoms with Crippen molar-refractivity contribution in [2.24, 2.45) is 5.92 Å². The summed E-state index contributed by atoms with van der Waals surface area (Å²) in [6.07, 6.45) is 0. The van der Waals surface area contributed by atoms with E-state index < -0.39 is 11.6 Å². The second-order valence-corrected chi connectivity index (χ2v) is 4.62. The van der Waals surface area contributed by atoms with Gasteiger partial charge in [-0.1, -0.05) is 13.8 Å². The van der Waals surface area contributed by atoms with Crippen molar-refractivity contribution >= 4 is 22.5 Å². The first-order valence-corrected chi connectivity index (χ1v) is 5.80. The molecular formula is C12H11ClF2N2O. The van der Waals surface area contributed by atoms with E-state index in [1.807, 2.05) is 13.8 Å². The zero-order chi connectivity index (χ0) is 13.3. The van der Waals surface area contributed by atoms with Gasteiger partial charge < -0.3 is 4.74 Å². The van der Waals surface area contributed by atoms with Crippen molar-refractivity contribution in [3.05, 3.63) is 29.1 Å². The van der Waals surface area contributed by atoms with Crippen molar-refractivity contribution in [1.29, 1.82) is 0 Å². The fourth-order valence-corrected chi connectivity index (χ4v) is 1.62. The fourth-order valence-electron chi connectivity index (χ4n) is 1.46. The molecule has 0 aliphatic carbocycles. The highest BCUT2D eigenvalue weighted by atomic mass is 35.5. The summed E-state index contributed by atoms with van der Waals surface area (Å²) in [5.74, 6) is -1.15. The minimum atomic E-state index is -0.788. The number of benzene rings is 1. The van der Waals surface area contributed by atoms with Crippen molar-refractivity contribution in [3.63, 3.8) is 0 Å². The van der Waals surface area contributed by atoms with Crippen molar-refractivity contribution in [2.75, 3.05) is 6.61 Å². The Morgan fingerprint density at radius 3 is 2.67 bits per heavy atom. The predicted octanol–water partition coefficient (Wildman–Crippen LogP) is 3.60. The Morgan fingerprint density at radius 2 is 2.00 bits per heavy atom. The number of rotatable bonds is 3. The van der Waals surface area contributed by atoms with Gasteiger partial charge in [-0.25, -0.2) is 13.8 Å². The lowest BCUT2D eigenvalue weighted by Crippen LogP contribution is -2.07. The maximum absolute atomic E-state index is 13.6. The lowest BCUT2D eigenvalue weighted by molar-refractivity contribution is 0.264. The van der Waals surface area contributed by atoms with Crippen molar-refractivity contribution in [3.8, 4) is 5.88 Å². The van der Waals surface area contributed by atoms with Crippen LogP contribution in [0.1, 0.15) is 13.8 Å². The van der Waals surface area contributed by atoms with Crippen LogP contribution < -0.4 is 4.74 Å². The third kappa shape index (κ3) is 2.67. The van der Waals surface area contributed by atoms with Crippen LogP contribution in [0.3, 0.4) is 0 Å². The van der Waals surface area contributed by atoms with Crippen LogP contribution in [0.4, 0.5) is 8.78 Å². The average molecular weight is 273 g/mol. The minimum Gasteiger partial charge on any atom is -0.477 e. The summed E-state index contributed by atoms with van der Waals surface area (Å²) in [6, 6.07) is 1.88. The molecule has 0 fully saturated rings. The maximum Gasteiger partial charge on any atom is 0.226 e. The van der Waals surface area contributed by atoms with Crippen LogP contribution in [0.25, 0.3) is 10.9 Å². The first-order valence-electron chi connectivity index (χ1n) is 5.42. The van der Waals surface area contributed by atoms with E-state index in [2.05, 4.69) is 9.97 Å². The number of ether oxygens (including phenoxy) is 1. The van der Waals surface area contributed by atoms with E-state index in [1.165, 1.54) is 0 Å². The first-order chi connectivity index (χ1) is 8.47. The summed E-state index contributed by atoms with van der Waals surface area (Å²) < 4.78 is 32.2. The van der Waals surface area contributed by atoms with E-state index in [1.54, 1.807) is 0 Å². The molecule has 0 amide bonds. The molecule has 1 aromatic carbocycles. The van der Waals surface area contributed by atoms with Crippen LogP contribution in [-0.4, -0.2) is 16.6 Å². The fraction of sp³-hybridized carbons (Fsp3) is 0.333. The van der Waals surface area contributed by atoms with Gasteiger partial charge >= 0.3 is 0 Å². The molecule has 18 heavy (non-hydrogen) atoms. The highest BCUT2D eigenvalue weighted by Gasteiger charge is 2.14. The van der Waals surface area contributed by atoms with E-state index in [4.69, 9.17) is 16.3 Å². The number of aromatic nitrogens is 2. The van der Waals surface area contributed by atoms with Gasteiger partial charge in [-0.05, 0) is 23.6 Å². The monoisotopic (exact) mass is 272 g/mol. The Labute approximate surface area is 108 Å². The summed E-state index contributed by atoms with van der Waals surface area (Å²) >= 11 is 5.69. The second kappa shape index (κ2) is 5.02. The molecule has 0 aliphatic heterocycles. The van der Waals surface area contributed by atoms with Crippen LogP contribution in [0, 0.1) is 17.6 Å². The summed E-state index contributed by atoms with van der Waals surface area (Å²) in [4.78, 5) is 7.59. The molecule has 0 aliphatic rings. The van der Waals surface area contributed by atoms with Gasteiger partial charge in [0.2, 0.25) is 11.2 Å². The zero-order valence-corrected chi connectivity index (χ0v) is 10.6. The van der Waals surface area contributed by atoms with Gasteiger partial charge in [0.25, 0.3) is 0 Å². The van der Waals surface area contributed by atoms with Crippen molar-refractivity contribution in [2.45, 2.75) is 13.8 Å². The molecule has 0 atom stereocenters. The molecule has 0 spiro atoms. The maximum atomic E-state index is 13.6. The lowest BCUT2D eigenvalue weighted by atomic mass is 10.2. The van der Waals surface area contributed by atoms with Crippen LogP contribution in [0.5, 0.6) is 5.88 Å². The summed E-state index contributed by atoms with van der Waals surface area (Å²) in [5, 5.41) is 0.0457. The number of nitrogens with zero attached hydrogens (tertiary/aromatic N) is 2. The predicted molar refractivity (Wildman–Crippen MR) is 64.8 cm³/mol. The van der Waals surface area contributed by atoms with Gasteiger partial charge in [-0.15, -0.1) is 0 Å². The Morgan fingerprint density at radius 1 is 1.28 bits per heavy atom. The molecule has 0 saturated carbocycles. The van der Waals surface area contributed by atoms with Crippen LogP contribution in [-0.2, 0) is 0 Å².